The highest BCUT2D eigenvalue weighted by Crippen LogP contribution is 2.26. The maximum atomic E-state index is 13.9. The van der Waals surface area contributed by atoms with Gasteiger partial charge in [-0.25, -0.2) is 8.42 Å². The summed E-state index contributed by atoms with van der Waals surface area (Å²) in [6.07, 6.45) is 1.07. The molecule has 0 aliphatic heterocycles. The Bertz CT molecular complexity index is 1340. The molecule has 3 aromatic rings. The summed E-state index contributed by atoms with van der Waals surface area (Å²) in [6, 6.07) is 20.5. The minimum Gasteiger partial charge on any atom is -0.354 e. The number of carbonyl (C=O) groups excluding carboxylic acids is 2. The van der Waals surface area contributed by atoms with Crippen molar-refractivity contribution >= 4 is 50.7 Å². The second kappa shape index (κ2) is 13.6. The summed E-state index contributed by atoms with van der Waals surface area (Å²) in [5, 5.41) is 3.54. The molecule has 202 valence electrons. The lowest BCUT2D eigenvalue weighted by molar-refractivity contribution is -0.140. The van der Waals surface area contributed by atoms with Crippen molar-refractivity contribution < 1.29 is 18.0 Å². The van der Waals surface area contributed by atoms with Crippen molar-refractivity contribution in [2.45, 2.75) is 44.2 Å². The number of benzene rings is 3. The zero-order valence-corrected chi connectivity index (χ0v) is 23.6. The molecule has 10 heteroatoms. The maximum absolute atomic E-state index is 13.9. The highest BCUT2D eigenvalue weighted by Gasteiger charge is 2.33. The van der Waals surface area contributed by atoms with Crippen LogP contribution in [-0.2, 0) is 26.2 Å². The highest BCUT2D eigenvalue weighted by molar-refractivity contribution is 7.92. The highest BCUT2D eigenvalue weighted by atomic mass is 35.5. The minimum absolute atomic E-state index is 0.0434. The zero-order chi connectivity index (χ0) is 27.7. The van der Waals surface area contributed by atoms with E-state index in [1.807, 2.05) is 6.92 Å². The van der Waals surface area contributed by atoms with E-state index in [-0.39, 0.29) is 17.3 Å². The number of amides is 2. The van der Waals surface area contributed by atoms with Crippen LogP contribution in [-0.4, -0.2) is 44.3 Å². The Morgan fingerprint density at radius 2 is 1.53 bits per heavy atom. The first kappa shape index (κ1) is 29.5. The van der Waals surface area contributed by atoms with Gasteiger partial charge in [0.1, 0.15) is 12.6 Å². The van der Waals surface area contributed by atoms with Crippen LogP contribution in [0.2, 0.25) is 10.0 Å². The largest absolute Gasteiger partial charge is 0.354 e. The molecule has 0 aliphatic rings. The third-order valence-electron chi connectivity index (χ3n) is 5.93. The molecule has 0 radical (unpaired) electrons. The van der Waals surface area contributed by atoms with Gasteiger partial charge in [0.2, 0.25) is 11.8 Å². The lowest BCUT2D eigenvalue weighted by Crippen LogP contribution is -2.52. The van der Waals surface area contributed by atoms with Crippen LogP contribution in [0.1, 0.15) is 32.3 Å². The summed E-state index contributed by atoms with van der Waals surface area (Å²) < 4.78 is 28.5. The number of nitrogens with zero attached hydrogens (tertiary/aromatic N) is 2. The number of halogens is 2. The second-order valence-electron chi connectivity index (χ2n) is 8.65. The molecule has 0 saturated carbocycles. The van der Waals surface area contributed by atoms with Crippen molar-refractivity contribution in [3.05, 3.63) is 94.5 Å². The van der Waals surface area contributed by atoms with Crippen molar-refractivity contribution in [3.8, 4) is 0 Å². The predicted octanol–water partition coefficient (Wildman–Crippen LogP) is 5.52. The Kier molecular flexibility index (Phi) is 10.6. The first-order valence-corrected chi connectivity index (χ1v) is 14.5. The van der Waals surface area contributed by atoms with Crippen molar-refractivity contribution in [3.63, 3.8) is 0 Å². The minimum atomic E-state index is -4.09. The van der Waals surface area contributed by atoms with E-state index in [4.69, 9.17) is 23.2 Å². The van der Waals surface area contributed by atoms with Crippen molar-refractivity contribution in [2.24, 2.45) is 0 Å². The number of nitrogens with one attached hydrogen (secondary N) is 1. The lowest BCUT2D eigenvalue weighted by Gasteiger charge is -2.33. The number of rotatable bonds is 12. The molecule has 7 nitrogen and oxygen atoms in total. The summed E-state index contributed by atoms with van der Waals surface area (Å²) >= 11 is 12.3. The van der Waals surface area contributed by atoms with Crippen molar-refractivity contribution in [2.75, 3.05) is 17.4 Å². The molecule has 0 fully saturated rings. The topological polar surface area (TPSA) is 86.8 Å². The van der Waals surface area contributed by atoms with E-state index in [0.29, 0.717) is 34.3 Å². The van der Waals surface area contributed by atoms with Crippen LogP contribution in [0.5, 0.6) is 0 Å². The molecule has 38 heavy (non-hydrogen) atoms. The van der Waals surface area contributed by atoms with Crippen LogP contribution in [0, 0.1) is 0 Å². The Labute approximate surface area is 234 Å². The van der Waals surface area contributed by atoms with E-state index in [9.17, 15) is 18.0 Å². The summed E-state index contributed by atoms with van der Waals surface area (Å²) in [7, 11) is -4.09. The van der Waals surface area contributed by atoms with E-state index >= 15 is 0 Å². The fraction of sp³-hybridized carbons (Fsp3) is 0.286. The van der Waals surface area contributed by atoms with Gasteiger partial charge in [-0.15, -0.1) is 0 Å². The van der Waals surface area contributed by atoms with Gasteiger partial charge in [-0.3, -0.25) is 13.9 Å². The number of sulfonamides is 1. The van der Waals surface area contributed by atoms with Crippen LogP contribution in [0.15, 0.2) is 83.8 Å². The molecule has 0 aliphatic carbocycles. The molecule has 1 N–H and O–H groups in total. The number of carbonyl (C=O) groups is 2. The van der Waals surface area contributed by atoms with Crippen LogP contribution >= 0.6 is 23.2 Å². The van der Waals surface area contributed by atoms with E-state index < -0.39 is 28.5 Å². The average Bonchev–Trinajstić information content (AvgIpc) is 2.93. The normalized spacial score (nSPS) is 12.0. The van der Waals surface area contributed by atoms with Gasteiger partial charge in [0.05, 0.1) is 20.6 Å². The van der Waals surface area contributed by atoms with Crippen LogP contribution < -0.4 is 9.62 Å². The number of hydrogen-bond donors (Lipinski definition) is 1. The van der Waals surface area contributed by atoms with Gasteiger partial charge in [-0.2, -0.15) is 0 Å². The predicted molar refractivity (Wildman–Crippen MR) is 152 cm³/mol. The van der Waals surface area contributed by atoms with E-state index in [0.717, 1.165) is 10.7 Å². The Morgan fingerprint density at radius 3 is 2.11 bits per heavy atom. The molecular formula is C28H31Cl2N3O4S. The molecule has 0 bridgehead atoms. The van der Waals surface area contributed by atoms with E-state index in [2.05, 4.69) is 5.32 Å². The number of para-hydroxylation sites is 1. The molecule has 0 saturated heterocycles. The third-order valence-corrected chi connectivity index (χ3v) is 8.45. The fourth-order valence-electron chi connectivity index (χ4n) is 3.96. The van der Waals surface area contributed by atoms with E-state index in [1.54, 1.807) is 73.7 Å². The molecule has 3 rings (SSSR count). The molecule has 3 aromatic carbocycles. The SMILES string of the molecule is CCCNC(=O)[C@@H](CC)N(Cc1ccc(Cl)c(Cl)c1)C(=O)CN(c1ccccc1)S(=O)(=O)c1ccccc1. The smallest absolute Gasteiger partial charge is 0.264 e. The van der Waals surface area contributed by atoms with Gasteiger partial charge in [0.15, 0.2) is 0 Å². The van der Waals surface area contributed by atoms with Gasteiger partial charge in [-0.05, 0) is 54.8 Å². The van der Waals surface area contributed by atoms with Crippen LogP contribution in [0.4, 0.5) is 5.69 Å². The molecule has 1 atom stereocenters. The second-order valence-corrected chi connectivity index (χ2v) is 11.3. The first-order valence-electron chi connectivity index (χ1n) is 12.3. The maximum Gasteiger partial charge on any atom is 0.264 e. The number of hydrogen-bond acceptors (Lipinski definition) is 4. The summed E-state index contributed by atoms with van der Waals surface area (Å²) in [4.78, 5) is 28.5. The summed E-state index contributed by atoms with van der Waals surface area (Å²) in [5.41, 5.74) is 0.995. The Hall–Kier alpha value is -3.07. The summed E-state index contributed by atoms with van der Waals surface area (Å²) in [5.74, 6) is -0.835. The van der Waals surface area contributed by atoms with Gasteiger partial charge in [0.25, 0.3) is 10.0 Å². The fourth-order valence-corrected chi connectivity index (χ4v) is 5.72. The van der Waals surface area contributed by atoms with Gasteiger partial charge >= 0.3 is 0 Å². The molecule has 0 spiro atoms. The molecule has 2 amide bonds. The van der Waals surface area contributed by atoms with Crippen LogP contribution in [0.3, 0.4) is 0 Å². The van der Waals surface area contributed by atoms with Crippen molar-refractivity contribution in [1.29, 1.82) is 0 Å². The van der Waals surface area contributed by atoms with Crippen LogP contribution in [0.25, 0.3) is 0 Å². The summed E-state index contributed by atoms with van der Waals surface area (Å²) in [6.45, 7) is 3.75. The van der Waals surface area contributed by atoms with Gasteiger partial charge in [0, 0.05) is 13.1 Å². The van der Waals surface area contributed by atoms with E-state index in [1.165, 1.54) is 17.0 Å². The molecule has 0 unspecified atom stereocenters. The zero-order valence-electron chi connectivity index (χ0n) is 21.3. The monoisotopic (exact) mass is 575 g/mol. The Morgan fingerprint density at radius 1 is 0.895 bits per heavy atom. The van der Waals surface area contributed by atoms with Gasteiger partial charge in [-0.1, -0.05) is 79.5 Å². The van der Waals surface area contributed by atoms with Gasteiger partial charge < -0.3 is 10.2 Å². The Balaban J connectivity index is 2.03. The molecule has 0 aromatic heterocycles. The lowest BCUT2D eigenvalue weighted by atomic mass is 10.1. The molecule has 0 heterocycles. The number of anilines is 1. The molecular weight excluding hydrogens is 545 g/mol. The standard InChI is InChI=1S/C28H31Cl2N3O4S/c1-3-17-31-28(35)26(4-2)32(19-21-15-16-24(29)25(30)18-21)27(34)20-33(22-11-7-5-8-12-22)38(36,37)23-13-9-6-10-14-23/h5-16,18,26H,3-4,17,19-20H2,1-2H3,(H,31,35)/t26-/m1/s1. The third kappa shape index (κ3) is 7.28. The quantitative estimate of drug-likeness (QED) is 0.308. The average molecular weight is 577 g/mol. The van der Waals surface area contributed by atoms with Crippen molar-refractivity contribution in [1.82, 2.24) is 10.2 Å². The first-order chi connectivity index (χ1) is 18.2.